The summed E-state index contributed by atoms with van der Waals surface area (Å²) < 4.78 is 34.5. The summed E-state index contributed by atoms with van der Waals surface area (Å²) in [6.07, 6.45) is -24.0. The van der Waals surface area contributed by atoms with Crippen molar-refractivity contribution in [1.82, 2.24) is 0 Å². The van der Waals surface area contributed by atoms with E-state index in [1.54, 1.807) is 0 Å². The molecular weight excluding hydrogens is 728 g/mol. The molecule has 20 heteroatoms. The second-order valence-electron chi connectivity index (χ2n) is 13.4. The number of fused-ring (bicyclic) bond motifs is 1. The molecule has 3 aliphatic rings. The van der Waals surface area contributed by atoms with Crippen LogP contribution in [-0.2, 0) is 14.2 Å². The summed E-state index contributed by atoms with van der Waals surface area (Å²) in [6.45, 7) is -2.22. The van der Waals surface area contributed by atoms with Gasteiger partial charge >= 0.3 is 0 Å². The summed E-state index contributed by atoms with van der Waals surface area (Å²) in [5.41, 5.74) is -1.21. The van der Waals surface area contributed by atoms with Crippen molar-refractivity contribution in [1.29, 1.82) is 0 Å². The fourth-order valence-corrected chi connectivity index (χ4v) is 6.75. The normalized spacial score (nSPS) is 37.3. The first-order valence-corrected chi connectivity index (χ1v) is 16.9. The molecule has 298 valence electrons. The Labute approximate surface area is 304 Å². The monoisotopic (exact) mass is 770 g/mol. The van der Waals surface area contributed by atoms with Gasteiger partial charge in [-0.2, -0.15) is 0 Å². The topological polar surface area (TPSA) is 339 Å². The molecule has 3 heterocycles. The van der Waals surface area contributed by atoms with Gasteiger partial charge in [-0.15, -0.1) is 0 Å². The first-order chi connectivity index (χ1) is 25.7. The molecule has 20 nitrogen and oxygen atoms in total. The molecule has 2 aliphatic heterocycles. The minimum atomic E-state index is -1.93. The zero-order valence-corrected chi connectivity index (χ0v) is 28.1. The van der Waals surface area contributed by atoms with E-state index in [4.69, 9.17) is 28.1 Å². The number of aliphatic hydroxyl groups is 11. The highest BCUT2D eigenvalue weighted by Gasteiger charge is 2.51. The Kier molecular flexibility index (Phi) is 12.0. The van der Waals surface area contributed by atoms with Crippen LogP contribution in [0.15, 0.2) is 45.6 Å². The van der Waals surface area contributed by atoms with Crippen molar-refractivity contribution in [2.75, 3.05) is 19.8 Å². The number of hydrogen-bond donors (Lipinski definition) is 13. The van der Waals surface area contributed by atoms with Crippen LogP contribution in [0.3, 0.4) is 0 Å². The molecule has 1 saturated carbocycles. The lowest BCUT2D eigenvalue weighted by Crippen LogP contribution is -2.63. The van der Waals surface area contributed by atoms with E-state index < -0.39 is 134 Å². The number of rotatable bonds is 10. The molecule has 2 aromatic carbocycles. The Morgan fingerprint density at radius 3 is 1.85 bits per heavy atom. The number of ether oxygens (including phenoxy) is 5. The largest absolute Gasteiger partial charge is 0.508 e. The Hall–Kier alpha value is -3.71. The number of aliphatic hydroxyl groups excluding tert-OH is 11. The highest BCUT2D eigenvalue weighted by molar-refractivity contribution is 5.88. The average molecular weight is 771 g/mol. The van der Waals surface area contributed by atoms with Gasteiger partial charge in [0.15, 0.2) is 12.1 Å². The van der Waals surface area contributed by atoms with E-state index in [1.807, 2.05) is 0 Å². The molecule has 3 fully saturated rings. The van der Waals surface area contributed by atoms with Crippen molar-refractivity contribution in [2.45, 2.75) is 92.2 Å². The van der Waals surface area contributed by atoms with Gasteiger partial charge < -0.3 is 94.5 Å². The third-order valence-corrected chi connectivity index (χ3v) is 9.85. The van der Waals surface area contributed by atoms with Gasteiger partial charge in [0, 0.05) is 30.2 Å². The van der Waals surface area contributed by atoms with Crippen LogP contribution in [-0.4, -0.2) is 172 Å². The fraction of sp³-hybridized carbons (Fsp3) is 0.559. The summed E-state index contributed by atoms with van der Waals surface area (Å²) in [5, 5.41) is 134. The van der Waals surface area contributed by atoms with Gasteiger partial charge in [0.1, 0.15) is 95.4 Å². The summed E-state index contributed by atoms with van der Waals surface area (Å²) in [6, 6.07) is 7.27. The zero-order chi connectivity index (χ0) is 39.2. The molecule has 2 saturated heterocycles. The maximum absolute atomic E-state index is 14.3. The highest BCUT2D eigenvalue weighted by Crippen LogP contribution is 2.40. The van der Waals surface area contributed by atoms with Gasteiger partial charge in [-0.3, -0.25) is 4.79 Å². The SMILES string of the molecule is O=c1c(O[C@H]2C[C@H](CO)[C@H](O)[C@@H](O)[C@H]2O[C@H]2O[C@H](CO)[C@H](O)[C@@H](O)[C@H]2O)c(-c2ccc(O)cc2)oc2cc(O[C@H]3O[C@@H](CO)[C@H](O)[C@@H](O)[C@@H]3O)cc(O)c12. The quantitative estimate of drug-likeness (QED) is 0.0927. The van der Waals surface area contributed by atoms with Gasteiger partial charge in [0.2, 0.25) is 17.5 Å². The average Bonchev–Trinajstić information content (AvgIpc) is 3.15. The summed E-state index contributed by atoms with van der Waals surface area (Å²) in [7, 11) is 0. The molecule has 0 unspecified atom stereocenters. The van der Waals surface area contributed by atoms with E-state index in [9.17, 15) is 71.2 Å². The Bertz CT molecular complexity index is 1800. The predicted molar refractivity (Wildman–Crippen MR) is 176 cm³/mol. The molecule has 3 aromatic rings. The van der Waals surface area contributed by atoms with Crippen LogP contribution < -0.4 is 14.9 Å². The number of hydrogen-bond acceptors (Lipinski definition) is 20. The molecule has 6 rings (SSSR count). The molecule has 13 N–H and O–H groups in total. The van der Waals surface area contributed by atoms with Crippen molar-refractivity contribution in [2.24, 2.45) is 5.92 Å². The third kappa shape index (κ3) is 7.46. The van der Waals surface area contributed by atoms with Gasteiger partial charge in [0.25, 0.3) is 0 Å². The van der Waals surface area contributed by atoms with E-state index in [-0.39, 0.29) is 34.8 Å². The maximum Gasteiger partial charge on any atom is 0.239 e. The lowest BCUT2D eigenvalue weighted by molar-refractivity contribution is -0.330. The molecule has 0 bridgehead atoms. The van der Waals surface area contributed by atoms with E-state index in [0.717, 1.165) is 12.1 Å². The maximum atomic E-state index is 14.3. The summed E-state index contributed by atoms with van der Waals surface area (Å²) in [4.78, 5) is 14.3. The van der Waals surface area contributed by atoms with Crippen LogP contribution in [0, 0.1) is 5.92 Å². The summed E-state index contributed by atoms with van der Waals surface area (Å²) in [5.74, 6) is -3.14. The van der Waals surface area contributed by atoms with Crippen LogP contribution in [0.2, 0.25) is 0 Å². The predicted octanol–water partition coefficient (Wildman–Crippen LogP) is -4.28. The number of phenols is 2. The van der Waals surface area contributed by atoms with Crippen LogP contribution >= 0.6 is 0 Å². The van der Waals surface area contributed by atoms with E-state index in [2.05, 4.69) is 0 Å². The van der Waals surface area contributed by atoms with E-state index >= 15 is 0 Å². The lowest BCUT2D eigenvalue weighted by Gasteiger charge is -2.46. The van der Waals surface area contributed by atoms with Gasteiger partial charge in [-0.05, 0) is 30.7 Å². The van der Waals surface area contributed by atoms with Crippen molar-refractivity contribution < 1.29 is 94.5 Å². The second kappa shape index (κ2) is 16.2. The van der Waals surface area contributed by atoms with Crippen molar-refractivity contribution in [3.63, 3.8) is 0 Å². The lowest BCUT2D eigenvalue weighted by atomic mass is 9.81. The van der Waals surface area contributed by atoms with Gasteiger partial charge in [-0.1, -0.05) is 0 Å². The zero-order valence-electron chi connectivity index (χ0n) is 28.1. The van der Waals surface area contributed by atoms with Crippen LogP contribution in [0.25, 0.3) is 22.3 Å². The molecule has 0 spiro atoms. The molecule has 0 radical (unpaired) electrons. The van der Waals surface area contributed by atoms with Crippen molar-refractivity contribution >= 4 is 11.0 Å². The Balaban J connectivity index is 1.41. The number of phenolic OH excluding ortho intramolecular Hbond substituents is 2. The first-order valence-electron chi connectivity index (χ1n) is 16.9. The van der Waals surface area contributed by atoms with Gasteiger partial charge in [0.05, 0.1) is 19.3 Å². The van der Waals surface area contributed by atoms with Crippen LogP contribution in [0.4, 0.5) is 0 Å². The van der Waals surface area contributed by atoms with Crippen molar-refractivity contribution in [3.05, 3.63) is 46.6 Å². The standard InChI is InChI=1S/C34H42O20/c35-8-12-5-17(31(27(46)21(12)40)54-34-29(48)26(45)23(42)19(10-37)53-34)51-32-24(43)20-15(39)6-14(49-33-28(47)25(44)22(41)18(9-36)52-33)7-16(20)50-30(32)11-1-3-13(38)4-2-11/h1-4,6-7,12,17-19,21-23,25-29,31,33-42,44-48H,5,8-10H2/t12-,17+,18+,19-,21+,22+,23+,25-,26-,27-,28+,29-,31+,33+,34-/m1/s1. The first kappa shape index (κ1) is 40.0. The number of benzene rings is 2. The smallest absolute Gasteiger partial charge is 0.239 e. The number of aromatic hydroxyl groups is 2. The molecule has 15 atom stereocenters. The fourth-order valence-electron chi connectivity index (χ4n) is 6.75. The minimum absolute atomic E-state index is 0.128. The van der Waals surface area contributed by atoms with Crippen molar-refractivity contribution in [3.8, 4) is 34.3 Å². The Morgan fingerprint density at radius 2 is 1.26 bits per heavy atom. The molecular formula is C34H42O20. The molecule has 0 amide bonds. The van der Waals surface area contributed by atoms with Crippen LogP contribution in [0.1, 0.15) is 6.42 Å². The third-order valence-electron chi connectivity index (χ3n) is 9.85. The molecule has 1 aromatic heterocycles. The van der Waals surface area contributed by atoms with E-state index in [0.29, 0.717) is 0 Å². The molecule has 1 aliphatic carbocycles. The minimum Gasteiger partial charge on any atom is -0.508 e. The second-order valence-corrected chi connectivity index (χ2v) is 13.4. The highest BCUT2D eigenvalue weighted by atomic mass is 16.7. The van der Waals surface area contributed by atoms with Crippen LogP contribution in [0.5, 0.6) is 23.0 Å². The Morgan fingerprint density at radius 1 is 0.667 bits per heavy atom. The molecule has 54 heavy (non-hydrogen) atoms. The van der Waals surface area contributed by atoms with Gasteiger partial charge in [-0.25, -0.2) is 0 Å². The summed E-state index contributed by atoms with van der Waals surface area (Å²) >= 11 is 0. The van der Waals surface area contributed by atoms with E-state index in [1.165, 1.54) is 24.3 Å².